The third-order valence-electron chi connectivity index (χ3n) is 4.08. The van der Waals surface area contributed by atoms with Gasteiger partial charge in [-0.2, -0.15) is 5.10 Å². The molecule has 4 rings (SSSR count). The normalized spacial score (nSPS) is 15.2. The second-order valence-corrected chi connectivity index (χ2v) is 6.89. The number of carbonyl (C=O) groups excluding carboxylic acids is 1. The maximum absolute atomic E-state index is 11.6. The van der Waals surface area contributed by atoms with Crippen molar-refractivity contribution in [3.05, 3.63) is 39.6 Å². The molecular formula is C14H10ClN7OS. The van der Waals surface area contributed by atoms with Gasteiger partial charge < -0.3 is 0 Å². The molecule has 1 aliphatic rings. The predicted octanol–water partition coefficient (Wildman–Crippen LogP) is 3.92. The number of azide groups is 1. The van der Waals surface area contributed by atoms with E-state index >= 15 is 0 Å². The molecule has 1 saturated carbocycles. The molecule has 120 valence electrons. The number of nitrogens with zero attached hydrogens (tertiary/aromatic N) is 7. The van der Waals surface area contributed by atoms with Gasteiger partial charge in [0.05, 0.1) is 27.6 Å². The van der Waals surface area contributed by atoms with E-state index in [1.54, 1.807) is 10.9 Å². The van der Waals surface area contributed by atoms with Crippen molar-refractivity contribution < 1.29 is 4.79 Å². The van der Waals surface area contributed by atoms with E-state index in [4.69, 9.17) is 17.1 Å². The molecule has 0 aliphatic heterocycles. The molecule has 3 heterocycles. The van der Waals surface area contributed by atoms with Gasteiger partial charge in [0.25, 0.3) is 0 Å². The number of amides is 1. The first kappa shape index (κ1) is 15.1. The highest BCUT2D eigenvalue weighted by Gasteiger charge is 2.47. The molecule has 0 N–H and O–H groups in total. The molecule has 10 heteroatoms. The van der Waals surface area contributed by atoms with E-state index in [-0.39, 0.29) is 11.7 Å². The van der Waals surface area contributed by atoms with E-state index in [1.165, 1.54) is 11.3 Å². The summed E-state index contributed by atoms with van der Waals surface area (Å²) in [5.74, 6) is -0.474. The molecule has 0 aromatic carbocycles. The van der Waals surface area contributed by atoms with Crippen LogP contribution in [0.1, 0.15) is 19.3 Å². The molecular weight excluding hydrogens is 350 g/mol. The Morgan fingerprint density at radius 3 is 3.08 bits per heavy atom. The van der Waals surface area contributed by atoms with Crippen LogP contribution in [0.3, 0.4) is 0 Å². The summed E-state index contributed by atoms with van der Waals surface area (Å²) in [6.07, 6.45) is 5.35. The minimum atomic E-state index is -0.474. The van der Waals surface area contributed by atoms with Crippen molar-refractivity contribution in [2.45, 2.75) is 24.8 Å². The fraction of sp³-hybridized carbons (Fsp3) is 0.286. The van der Waals surface area contributed by atoms with Crippen LogP contribution in [0.4, 0.5) is 0 Å². The molecule has 0 saturated heterocycles. The standard InChI is InChI=1S/C14H10ClN7OS/c15-13-18-9-1-4-24-12(9)11(19-13)8-6-17-22(7-8)14(2-3-14)5-10(23)20-21-16/h1,4,6-7H,2-3,5H2. The first-order valence-electron chi connectivity index (χ1n) is 7.15. The lowest BCUT2D eigenvalue weighted by Gasteiger charge is -2.13. The van der Waals surface area contributed by atoms with Crippen LogP contribution in [0.5, 0.6) is 0 Å². The van der Waals surface area contributed by atoms with E-state index in [2.05, 4.69) is 25.1 Å². The maximum atomic E-state index is 11.6. The lowest BCUT2D eigenvalue weighted by Crippen LogP contribution is -2.20. The first-order valence-corrected chi connectivity index (χ1v) is 8.41. The molecule has 1 aliphatic carbocycles. The molecule has 1 fully saturated rings. The van der Waals surface area contributed by atoms with Crippen molar-refractivity contribution >= 4 is 39.1 Å². The number of rotatable bonds is 4. The zero-order valence-corrected chi connectivity index (χ0v) is 13.8. The van der Waals surface area contributed by atoms with Crippen molar-refractivity contribution in [1.82, 2.24) is 19.7 Å². The maximum Gasteiger partial charge on any atom is 0.223 e. The van der Waals surface area contributed by atoms with E-state index < -0.39 is 11.4 Å². The summed E-state index contributed by atoms with van der Waals surface area (Å²) in [7, 11) is 0. The van der Waals surface area contributed by atoms with Gasteiger partial charge in [-0.1, -0.05) is 0 Å². The smallest absolute Gasteiger partial charge is 0.223 e. The van der Waals surface area contributed by atoms with Crippen LogP contribution in [-0.4, -0.2) is 25.7 Å². The van der Waals surface area contributed by atoms with Gasteiger partial charge in [0.1, 0.15) is 0 Å². The van der Waals surface area contributed by atoms with Crippen molar-refractivity contribution in [2.75, 3.05) is 0 Å². The largest absolute Gasteiger partial charge is 0.293 e. The Labute approximate surface area is 144 Å². The Bertz CT molecular complexity index is 1000. The van der Waals surface area contributed by atoms with Crippen LogP contribution in [0.25, 0.3) is 31.9 Å². The van der Waals surface area contributed by atoms with Crippen molar-refractivity contribution in [1.29, 1.82) is 0 Å². The third kappa shape index (κ3) is 2.52. The van der Waals surface area contributed by atoms with E-state index in [1.807, 2.05) is 17.6 Å². The molecule has 3 aromatic heterocycles. The minimum Gasteiger partial charge on any atom is -0.293 e. The average molecular weight is 360 g/mol. The van der Waals surface area contributed by atoms with Crippen LogP contribution in [0, 0.1) is 0 Å². The molecule has 0 unspecified atom stereocenters. The summed E-state index contributed by atoms with van der Waals surface area (Å²) in [4.78, 5) is 22.7. The Morgan fingerprint density at radius 1 is 1.50 bits per heavy atom. The molecule has 8 nitrogen and oxygen atoms in total. The number of hydrogen-bond acceptors (Lipinski definition) is 5. The Morgan fingerprint density at radius 2 is 2.33 bits per heavy atom. The fourth-order valence-corrected chi connectivity index (χ4v) is 3.75. The number of halogens is 1. The molecule has 24 heavy (non-hydrogen) atoms. The zero-order chi connectivity index (χ0) is 16.7. The molecule has 1 amide bonds. The highest BCUT2D eigenvalue weighted by atomic mass is 35.5. The lowest BCUT2D eigenvalue weighted by atomic mass is 10.1. The highest BCUT2D eigenvalue weighted by Crippen LogP contribution is 2.47. The van der Waals surface area contributed by atoms with Crippen molar-refractivity contribution in [2.24, 2.45) is 5.11 Å². The lowest BCUT2D eigenvalue weighted by molar-refractivity contribution is -0.119. The number of hydrogen-bond donors (Lipinski definition) is 0. The van der Waals surface area contributed by atoms with E-state index in [0.29, 0.717) is 0 Å². The van der Waals surface area contributed by atoms with Gasteiger partial charge in [-0.15, -0.1) is 11.3 Å². The summed E-state index contributed by atoms with van der Waals surface area (Å²) in [6, 6.07) is 1.89. The quantitative estimate of drug-likeness (QED) is 0.304. The molecule has 0 spiro atoms. The summed E-state index contributed by atoms with van der Waals surface area (Å²) < 4.78 is 2.71. The fourth-order valence-electron chi connectivity index (χ4n) is 2.73. The highest BCUT2D eigenvalue weighted by molar-refractivity contribution is 7.17. The topological polar surface area (TPSA) is 109 Å². The third-order valence-corrected chi connectivity index (χ3v) is 5.16. The van der Waals surface area contributed by atoms with Crippen LogP contribution in [0.15, 0.2) is 29.0 Å². The van der Waals surface area contributed by atoms with Gasteiger partial charge >= 0.3 is 0 Å². The number of aromatic nitrogens is 4. The van der Waals surface area contributed by atoms with Gasteiger partial charge in [-0.25, -0.2) is 9.97 Å². The van der Waals surface area contributed by atoms with Gasteiger partial charge in [0.15, 0.2) is 0 Å². The predicted molar refractivity (Wildman–Crippen MR) is 89.6 cm³/mol. The second-order valence-electron chi connectivity index (χ2n) is 5.63. The summed E-state index contributed by atoms with van der Waals surface area (Å²) >= 11 is 7.54. The molecule has 0 radical (unpaired) electrons. The van der Waals surface area contributed by atoms with Crippen LogP contribution in [0.2, 0.25) is 5.28 Å². The van der Waals surface area contributed by atoms with Gasteiger partial charge in [-0.3, -0.25) is 9.48 Å². The average Bonchev–Trinajstić information content (AvgIpc) is 2.99. The Balaban J connectivity index is 1.71. The summed E-state index contributed by atoms with van der Waals surface area (Å²) in [5.41, 5.74) is 10.3. The summed E-state index contributed by atoms with van der Waals surface area (Å²) in [5, 5.41) is 9.66. The molecule has 0 atom stereocenters. The van der Waals surface area contributed by atoms with Gasteiger partial charge in [-0.05, 0) is 46.5 Å². The monoisotopic (exact) mass is 359 g/mol. The van der Waals surface area contributed by atoms with Gasteiger partial charge in [0, 0.05) is 23.1 Å². The molecule has 0 bridgehead atoms. The van der Waals surface area contributed by atoms with Crippen LogP contribution in [-0.2, 0) is 10.3 Å². The van der Waals surface area contributed by atoms with Crippen LogP contribution < -0.4 is 0 Å². The Kier molecular flexibility index (Phi) is 3.49. The second kappa shape index (κ2) is 5.55. The van der Waals surface area contributed by atoms with E-state index in [0.717, 1.165) is 34.3 Å². The van der Waals surface area contributed by atoms with Crippen LogP contribution >= 0.6 is 22.9 Å². The zero-order valence-electron chi connectivity index (χ0n) is 12.3. The summed E-state index contributed by atoms with van der Waals surface area (Å²) in [6.45, 7) is 0. The number of thiophene rings is 1. The SMILES string of the molecule is [N-]=[N+]=NC(=O)CC1(n2cc(-c3nc(Cl)nc4ccsc34)cn2)CC1. The Hall–Kier alpha value is -2.48. The van der Waals surface area contributed by atoms with Crippen molar-refractivity contribution in [3.8, 4) is 11.3 Å². The first-order chi connectivity index (χ1) is 11.6. The van der Waals surface area contributed by atoms with Gasteiger partial charge in [0.2, 0.25) is 11.2 Å². The minimum absolute atomic E-state index is 0.150. The molecule has 3 aromatic rings. The van der Waals surface area contributed by atoms with E-state index in [9.17, 15) is 4.79 Å². The number of fused-ring (bicyclic) bond motifs is 1. The number of carbonyl (C=O) groups is 1. The van der Waals surface area contributed by atoms with Crippen molar-refractivity contribution in [3.63, 3.8) is 0 Å².